The quantitative estimate of drug-likeness (QED) is 0.254. The molecule has 0 aliphatic carbocycles. The number of rotatable bonds is 8. The third-order valence-corrected chi connectivity index (χ3v) is 3.39. The van der Waals surface area contributed by atoms with E-state index in [1.165, 1.54) is 12.1 Å². The minimum Gasteiger partial charge on any atom is -0.356 e. The van der Waals surface area contributed by atoms with Crippen LogP contribution in [0.25, 0.3) is 0 Å². The number of nitrogens with one attached hydrogen (secondary N) is 2. The lowest BCUT2D eigenvalue weighted by Crippen LogP contribution is -2.42. The van der Waals surface area contributed by atoms with E-state index in [-0.39, 0.29) is 5.69 Å². The van der Waals surface area contributed by atoms with Gasteiger partial charge in [-0.2, -0.15) is 0 Å². The van der Waals surface area contributed by atoms with Gasteiger partial charge in [-0.25, -0.2) is 4.99 Å². The lowest BCUT2D eigenvalue weighted by Gasteiger charge is -2.17. The lowest BCUT2D eigenvalue weighted by atomic mass is 10.2. The first-order valence-electron chi connectivity index (χ1n) is 7.85. The van der Waals surface area contributed by atoms with Gasteiger partial charge in [-0.3, -0.25) is 10.1 Å². The Bertz CT molecular complexity index is 485. The number of guanidine groups is 1. The Morgan fingerprint density at radius 2 is 2.00 bits per heavy atom. The van der Waals surface area contributed by atoms with Gasteiger partial charge in [0.05, 0.1) is 11.5 Å². The van der Waals surface area contributed by atoms with E-state index in [4.69, 9.17) is 0 Å². The normalized spacial score (nSPS) is 12.8. The summed E-state index contributed by atoms with van der Waals surface area (Å²) in [4.78, 5) is 14.8. The van der Waals surface area contributed by atoms with Crippen molar-refractivity contribution in [3.05, 3.63) is 39.9 Å². The molecule has 0 aromatic heterocycles. The van der Waals surface area contributed by atoms with Crippen LogP contribution < -0.4 is 10.6 Å². The molecule has 2 N–H and O–H groups in total. The summed E-state index contributed by atoms with van der Waals surface area (Å²) in [5.41, 5.74) is 1.05. The van der Waals surface area contributed by atoms with Gasteiger partial charge in [0.25, 0.3) is 5.69 Å². The Morgan fingerprint density at radius 1 is 1.32 bits per heavy atom. The van der Waals surface area contributed by atoms with Gasteiger partial charge in [-0.15, -0.1) is 0 Å². The van der Waals surface area contributed by atoms with Gasteiger partial charge in [0.1, 0.15) is 0 Å². The second-order valence-electron chi connectivity index (χ2n) is 5.32. The smallest absolute Gasteiger partial charge is 0.269 e. The Balaban J connectivity index is 2.67. The first kappa shape index (κ1) is 17.9. The molecule has 0 bridgehead atoms. The van der Waals surface area contributed by atoms with Crippen molar-refractivity contribution in [2.24, 2.45) is 4.99 Å². The van der Waals surface area contributed by atoms with Crippen molar-refractivity contribution < 1.29 is 4.92 Å². The minimum atomic E-state index is -0.394. The van der Waals surface area contributed by atoms with Crippen molar-refractivity contribution in [2.45, 2.75) is 52.6 Å². The fourth-order valence-electron chi connectivity index (χ4n) is 1.77. The summed E-state index contributed by atoms with van der Waals surface area (Å²) < 4.78 is 0. The van der Waals surface area contributed by atoms with Gasteiger partial charge in [-0.05, 0) is 25.3 Å². The summed E-state index contributed by atoms with van der Waals surface area (Å²) in [7, 11) is 0. The molecule has 22 heavy (non-hydrogen) atoms. The highest BCUT2D eigenvalue weighted by Gasteiger charge is 2.05. The van der Waals surface area contributed by atoms with Crippen LogP contribution in [-0.2, 0) is 6.54 Å². The first-order chi connectivity index (χ1) is 10.6. The number of aliphatic imine (C=N–C) groups is 1. The number of unbranched alkanes of at least 4 members (excludes halogenated alkanes) is 1. The molecule has 0 spiro atoms. The molecule has 0 heterocycles. The van der Waals surface area contributed by atoms with E-state index in [9.17, 15) is 10.1 Å². The molecule has 1 aromatic carbocycles. The number of nitrogens with zero attached hydrogens (tertiary/aromatic N) is 2. The van der Waals surface area contributed by atoms with Gasteiger partial charge in [0.2, 0.25) is 0 Å². The molecule has 0 saturated carbocycles. The van der Waals surface area contributed by atoms with E-state index in [1.807, 2.05) is 0 Å². The van der Waals surface area contributed by atoms with Crippen LogP contribution in [0, 0.1) is 10.1 Å². The predicted molar refractivity (Wildman–Crippen MR) is 90.0 cm³/mol. The van der Waals surface area contributed by atoms with Crippen molar-refractivity contribution >= 4 is 11.6 Å². The number of benzene rings is 1. The number of non-ortho nitro benzene ring substituents is 1. The van der Waals surface area contributed by atoms with E-state index in [0.717, 1.165) is 37.3 Å². The van der Waals surface area contributed by atoms with Gasteiger partial charge in [0.15, 0.2) is 5.96 Å². The van der Waals surface area contributed by atoms with E-state index < -0.39 is 4.92 Å². The molecule has 1 unspecified atom stereocenters. The van der Waals surface area contributed by atoms with E-state index in [0.29, 0.717) is 12.6 Å². The molecule has 1 aromatic rings. The summed E-state index contributed by atoms with van der Waals surface area (Å²) in [6.45, 7) is 7.77. The molecule has 1 rings (SSSR count). The SMILES string of the molecule is CCCCNC(=NCc1ccc([N+](=O)[O-])cc1)NC(C)CC. The predicted octanol–water partition coefficient (Wildman–Crippen LogP) is 3.23. The fraction of sp³-hybridized carbons (Fsp3) is 0.562. The molecular formula is C16H26N4O2. The van der Waals surface area contributed by atoms with Crippen molar-refractivity contribution in [2.75, 3.05) is 6.54 Å². The molecule has 0 fully saturated rings. The third-order valence-electron chi connectivity index (χ3n) is 3.39. The highest BCUT2D eigenvalue weighted by atomic mass is 16.6. The summed E-state index contributed by atoms with van der Waals surface area (Å²) in [6, 6.07) is 6.86. The van der Waals surface area contributed by atoms with Crippen molar-refractivity contribution in [1.29, 1.82) is 0 Å². The van der Waals surface area contributed by atoms with E-state index in [1.54, 1.807) is 12.1 Å². The Kier molecular flexibility index (Phi) is 7.96. The number of nitro benzene ring substituents is 1. The van der Waals surface area contributed by atoms with Crippen molar-refractivity contribution in [3.63, 3.8) is 0 Å². The maximum atomic E-state index is 10.6. The maximum Gasteiger partial charge on any atom is 0.269 e. The van der Waals surface area contributed by atoms with Crippen LogP contribution in [-0.4, -0.2) is 23.5 Å². The average Bonchev–Trinajstić information content (AvgIpc) is 2.52. The van der Waals surface area contributed by atoms with Crippen LogP contribution in [0.5, 0.6) is 0 Å². The standard InChI is InChI=1S/C16H26N4O2/c1-4-6-11-17-16(19-13(3)5-2)18-12-14-7-9-15(10-8-14)20(21)22/h7-10,13H,4-6,11-12H2,1-3H3,(H2,17,18,19). The number of nitro groups is 1. The summed E-state index contributed by atoms with van der Waals surface area (Å²) >= 11 is 0. The molecule has 0 aliphatic heterocycles. The van der Waals surface area contributed by atoms with Crippen LogP contribution >= 0.6 is 0 Å². The first-order valence-corrected chi connectivity index (χ1v) is 7.85. The van der Waals surface area contributed by atoms with Crippen LogP contribution in [0.2, 0.25) is 0 Å². The molecule has 6 heteroatoms. The van der Waals surface area contributed by atoms with Crippen LogP contribution in [0.4, 0.5) is 5.69 Å². The fourth-order valence-corrected chi connectivity index (χ4v) is 1.77. The zero-order valence-electron chi connectivity index (χ0n) is 13.6. The van der Waals surface area contributed by atoms with Gasteiger partial charge < -0.3 is 10.6 Å². The second-order valence-corrected chi connectivity index (χ2v) is 5.32. The molecule has 0 saturated heterocycles. The van der Waals surface area contributed by atoms with Crippen molar-refractivity contribution in [1.82, 2.24) is 10.6 Å². The molecule has 1 atom stereocenters. The zero-order valence-corrected chi connectivity index (χ0v) is 13.6. The van der Waals surface area contributed by atoms with Gasteiger partial charge in [0, 0.05) is 24.7 Å². The molecule has 6 nitrogen and oxygen atoms in total. The topological polar surface area (TPSA) is 79.6 Å². The summed E-state index contributed by atoms with van der Waals surface area (Å²) in [5.74, 6) is 0.793. The monoisotopic (exact) mass is 306 g/mol. The van der Waals surface area contributed by atoms with Gasteiger partial charge >= 0.3 is 0 Å². The Morgan fingerprint density at radius 3 is 2.55 bits per heavy atom. The second kappa shape index (κ2) is 9.76. The molecule has 0 amide bonds. The molecule has 0 aliphatic rings. The van der Waals surface area contributed by atoms with Crippen LogP contribution in [0.3, 0.4) is 0 Å². The number of hydrogen-bond acceptors (Lipinski definition) is 3. The third kappa shape index (κ3) is 6.56. The Labute approximate surface area is 132 Å². The van der Waals surface area contributed by atoms with Gasteiger partial charge in [-0.1, -0.05) is 32.4 Å². The maximum absolute atomic E-state index is 10.6. The molecule has 0 radical (unpaired) electrons. The molecule has 122 valence electrons. The Hall–Kier alpha value is -2.11. The largest absolute Gasteiger partial charge is 0.356 e. The van der Waals surface area contributed by atoms with Crippen LogP contribution in [0.1, 0.15) is 45.6 Å². The summed E-state index contributed by atoms with van der Waals surface area (Å²) in [6.07, 6.45) is 3.25. The summed E-state index contributed by atoms with van der Waals surface area (Å²) in [5, 5.41) is 17.3. The van der Waals surface area contributed by atoms with E-state index in [2.05, 4.69) is 36.4 Å². The van der Waals surface area contributed by atoms with Crippen molar-refractivity contribution in [3.8, 4) is 0 Å². The lowest BCUT2D eigenvalue weighted by molar-refractivity contribution is -0.384. The van der Waals surface area contributed by atoms with Crippen LogP contribution in [0.15, 0.2) is 29.3 Å². The van der Waals surface area contributed by atoms with E-state index >= 15 is 0 Å². The average molecular weight is 306 g/mol. The zero-order chi connectivity index (χ0) is 16.4. The minimum absolute atomic E-state index is 0.103. The number of hydrogen-bond donors (Lipinski definition) is 2. The molecular weight excluding hydrogens is 280 g/mol. The highest BCUT2D eigenvalue weighted by Crippen LogP contribution is 2.12. The highest BCUT2D eigenvalue weighted by molar-refractivity contribution is 5.80.